The van der Waals surface area contributed by atoms with Gasteiger partial charge in [-0.05, 0) is 30.5 Å². The van der Waals surface area contributed by atoms with Gasteiger partial charge in [0.05, 0.1) is 17.8 Å². The van der Waals surface area contributed by atoms with Crippen molar-refractivity contribution < 1.29 is 9.18 Å². The molecule has 2 aromatic rings. The number of halogens is 1. The molecule has 1 fully saturated rings. The molecule has 1 aromatic heterocycles. The van der Waals surface area contributed by atoms with E-state index in [1.165, 1.54) is 31.4 Å². The fourth-order valence-corrected chi connectivity index (χ4v) is 3.09. The molecule has 0 spiro atoms. The summed E-state index contributed by atoms with van der Waals surface area (Å²) in [7, 11) is 0. The van der Waals surface area contributed by atoms with Crippen molar-refractivity contribution in [2.24, 2.45) is 0 Å². The molecule has 3 rings (SSSR count). The minimum absolute atomic E-state index is 0.240. The third-order valence-electron chi connectivity index (χ3n) is 4.20. The normalized spacial score (nSPS) is 16.0. The quantitative estimate of drug-likeness (QED) is 0.798. The third-order valence-corrected chi connectivity index (χ3v) is 4.20. The molecule has 0 atom stereocenters. The van der Waals surface area contributed by atoms with Gasteiger partial charge in [-0.25, -0.2) is 4.39 Å². The number of carbonyl (C=O) groups excluding carboxylic acids is 1. The highest BCUT2D eigenvalue weighted by Gasteiger charge is 2.21. The van der Waals surface area contributed by atoms with Gasteiger partial charge in [0, 0.05) is 12.1 Å². The Morgan fingerprint density at radius 2 is 1.90 bits per heavy atom. The maximum absolute atomic E-state index is 12.9. The van der Waals surface area contributed by atoms with Crippen LogP contribution in [0.5, 0.6) is 0 Å². The Morgan fingerprint density at radius 3 is 2.57 bits per heavy atom. The highest BCUT2D eigenvalue weighted by molar-refractivity contribution is 5.76. The van der Waals surface area contributed by atoms with Gasteiger partial charge in [0.2, 0.25) is 0 Å². The van der Waals surface area contributed by atoms with Crippen LogP contribution in [0, 0.1) is 5.82 Å². The van der Waals surface area contributed by atoms with Gasteiger partial charge in [-0.2, -0.15) is 5.10 Å². The smallest absolute Gasteiger partial charge is 0.153 e. The molecule has 0 bridgehead atoms. The van der Waals surface area contributed by atoms with Crippen LogP contribution in [0.25, 0.3) is 0 Å². The lowest BCUT2D eigenvalue weighted by Gasteiger charge is -2.20. The van der Waals surface area contributed by atoms with Crippen molar-refractivity contribution in [3.8, 4) is 0 Å². The molecule has 4 heteroatoms. The van der Waals surface area contributed by atoms with Gasteiger partial charge >= 0.3 is 0 Å². The highest BCUT2D eigenvalue weighted by Crippen LogP contribution is 2.33. The Labute approximate surface area is 123 Å². The van der Waals surface area contributed by atoms with Crippen molar-refractivity contribution >= 4 is 6.29 Å². The minimum Gasteiger partial charge on any atom is -0.298 e. The van der Waals surface area contributed by atoms with Crippen molar-refractivity contribution in [1.82, 2.24) is 9.78 Å². The van der Waals surface area contributed by atoms with Gasteiger partial charge in [-0.1, -0.05) is 31.4 Å². The maximum Gasteiger partial charge on any atom is 0.153 e. The first kappa shape index (κ1) is 14.0. The molecule has 1 aromatic carbocycles. The van der Waals surface area contributed by atoms with Gasteiger partial charge < -0.3 is 0 Å². The number of aldehydes is 1. The monoisotopic (exact) mass is 286 g/mol. The largest absolute Gasteiger partial charge is 0.298 e. The standard InChI is InChI=1S/C17H19FN2O/c18-16-8-6-13(7-9-16)10-20-11-15(12-21)17(19-20)14-4-2-1-3-5-14/h6-9,11-12,14H,1-5,10H2. The summed E-state index contributed by atoms with van der Waals surface area (Å²) in [5.74, 6) is 0.170. The number of rotatable bonds is 4. The molecule has 0 saturated heterocycles. The number of benzene rings is 1. The van der Waals surface area contributed by atoms with E-state index < -0.39 is 0 Å². The molecule has 1 aliphatic carbocycles. The first-order valence-electron chi connectivity index (χ1n) is 7.53. The van der Waals surface area contributed by atoms with Crippen LogP contribution < -0.4 is 0 Å². The lowest BCUT2D eigenvalue weighted by molar-refractivity contribution is 0.112. The second kappa shape index (κ2) is 6.20. The summed E-state index contributed by atoms with van der Waals surface area (Å²) in [5, 5.41) is 4.61. The van der Waals surface area contributed by atoms with Gasteiger partial charge in [0.25, 0.3) is 0 Å². The van der Waals surface area contributed by atoms with Crippen LogP contribution in [0.2, 0.25) is 0 Å². The van der Waals surface area contributed by atoms with Crippen LogP contribution in [0.4, 0.5) is 4.39 Å². The Bertz CT molecular complexity index is 612. The van der Waals surface area contributed by atoms with Crippen LogP contribution in [-0.2, 0) is 6.54 Å². The molecule has 0 N–H and O–H groups in total. The second-order valence-corrected chi connectivity index (χ2v) is 5.75. The molecule has 21 heavy (non-hydrogen) atoms. The fourth-order valence-electron chi connectivity index (χ4n) is 3.09. The van der Waals surface area contributed by atoms with Crippen LogP contribution in [0.3, 0.4) is 0 Å². The van der Waals surface area contributed by atoms with E-state index in [-0.39, 0.29) is 5.82 Å². The third kappa shape index (κ3) is 3.20. The van der Waals surface area contributed by atoms with E-state index in [1.807, 2.05) is 0 Å². The van der Waals surface area contributed by atoms with Gasteiger partial charge in [0.15, 0.2) is 6.29 Å². The van der Waals surface area contributed by atoms with Crippen LogP contribution >= 0.6 is 0 Å². The van der Waals surface area contributed by atoms with Crippen molar-refractivity contribution in [2.45, 2.75) is 44.6 Å². The van der Waals surface area contributed by atoms with Crippen molar-refractivity contribution in [3.63, 3.8) is 0 Å². The zero-order chi connectivity index (χ0) is 14.7. The molecule has 1 heterocycles. The lowest BCUT2D eigenvalue weighted by atomic mass is 9.86. The Hall–Kier alpha value is -1.97. The van der Waals surface area contributed by atoms with Crippen LogP contribution in [0.15, 0.2) is 30.5 Å². The zero-order valence-corrected chi connectivity index (χ0v) is 12.0. The Kier molecular flexibility index (Phi) is 4.13. The predicted octanol–water partition coefficient (Wildman–Crippen LogP) is 3.93. The molecular weight excluding hydrogens is 267 g/mol. The summed E-state index contributed by atoms with van der Waals surface area (Å²) in [6.07, 6.45) is 8.66. The summed E-state index contributed by atoms with van der Waals surface area (Å²) in [6.45, 7) is 0.563. The molecule has 1 saturated carbocycles. The number of carbonyl (C=O) groups is 1. The number of aromatic nitrogens is 2. The Morgan fingerprint density at radius 1 is 1.19 bits per heavy atom. The van der Waals surface area contributed by atoms with Gasteiger partial charge in [-0.15, -0.1) is 0 Å². The van der Waals surface area contributed by atoms with E-state index in [0.29, 0.717) is 18.0 Å². The first-order valence-corrected chi connectivity index (χ1v) is 7.53. The Balaban J connectivity index is 1.81. The SMILES string of the molecule is O=Cc1cn(Cc2ccc(F)cc2)nc1C1CCCCC1. The molecule has 0 unspecified atom stereocenters. The summed E-state index contributed by atoms with van der Waals surface area (Å²) in [4.78, 5) is 11.3. The zero-order valence-electron chi connectivity index (χ0n) is 12.0. The second-order valence-electron chi connectivity index (χ2n) is 5.75. The summed E-state index contributed by atoms with van der Waals surface area (Å²) < 4.78 is 14.7. The molecule has 0 amide bonds. The van der Waals surface area contributed by atoms with E-state index in [4.69, 9.17) is 0 Å². The summed E-state index contributed by atoms with van der Waals surface area (Å²) in [5.41, 5.74) is 2.61. The lowest BCUT2D eigenvalue weighted by Crippen LogP contribution is -2.08. The van der Waals surface area contributed by atoms with Crippen molar-refractivity contribution in [3.05, 3.63) is 53.1 Å². The topological polar surface area (TPSA) is 34.9 Å². The van der Waals surface area contributed by atoms with Gasteiger partial charge in [-0.3, -0.25) is 9.48 Å². The number of hydrogen-bond acceptors (Lipinski definition) is 2. The number of hydrogen-bond donors (Lipinski definition) is 0. The predicted molar refractivity (Wildman–Crippen MR) is 78.9 cm³/mol. The highest BCUT2D eigenvalue weighted by atomic mass is 19.1. The van der Waals surface area contributed by atoms with E-state index in [1.54, 1.807) is 23.0 Å². The molecule has 1 aliphatic rings. The fraction of sp³-hybridized carbons (Fsp3) is 0.412. The molecule has 0 aliphatic heterocycles. The van der Waals surface area contributed by atoms with Gasteiger partial charge in [0.1, 0.15) is 5.82 Å². The summed E-state index contributed by atoms with van der Waals surface area (Å²) in [6, 6.07) is 6.39. The molecule has 110 valence electrons. The average Bonchev–Trinajstić information content (AvgIpc) is 2.93. The van der Waals surface area contributed by atoms with E-state index in [9.17, 15) is 9.18 Å². The van der Waals surface area contributed by atoms with E-state index in [0.717, 1.165) is 30.4 Å². The average molecular weight is 286 g/mol. The van der Waals surface area contributed by atoms with E-state index >= 15 is 0 Å². The van der Waals surface area contributed by atoms with E-state index in [2.05, 4.69) is 5.10 Å². The molecule has 0 radical (unpaired) electrons. The maximum atomic E-state index is 12.9. The first-order chi connectivity index (χ1) is 10.3. The summed E-state index contributed by atoms with van der Waals surface area (Å²) >= 11 is 0. The minimum atomic E-state index is -0.240. The van der Waals surface area contributed by atoms with Crippen molar-refractivity contribution in [2.75, 3.05) is 0 Å². The molecular formula is C17H19FN2O. The van der Waals surface area contributed by atoms with Crippen LogP contribution in [0.1, 0.15) is 59.6 Å². The van der Waals surface area contributed by atoms with Crippen LogP contribution in [-0.4, -0.2) is 16.1 Å². The molecule has 3 nitrogen and oxygen atoms in total. The van der Waals surface area contributed by atoms with Crippen molar-refractivity contribution in [1.29, 1.82) is 0 Å². The number of nitrogens with zero attached hydrogens (tertiary/aromatic N) is 2.